The molecule has 0 saturated heterocycles. The van der Waals surface area contributed by atoms with Crippen molar-refractivity contribution in [2.75, 3.05) is 13.6 Å². The van der Waals surface area contributed by atoms with Gasteiger partial charge in [0.25, 0.3) is 0 Å². The summed E-state index contributed by atoms with van der Waals surface area (Å²) in [4.78, 5) is 9.00. The second-order valence-electron chi connectivity index (χ2n) is 5.54. The minimum atomic E-state index is 0.477. The minimum absolute atomic E-state index is 0.477. The number of hydrogen-bond donors (Lipinski definition) is 2. The Hall–Kier alpha value is -2.14. The molecule has 23 heavy (non-hydrogen) atoms. The Kier molecular flexibility index (Phi) is 5.42. The molecule has 0 spiro atoms. The van der Waals surface area contributed by atoms with Crippen molar-refractivity contribution >= 4 is 17.3 Å². The zero-order valence-corrected chi connectivity index (χ0v) is 14.1. The molecule has 2 N–H and O–H groups in total. The van der Waals surface area contributed by atoms with E-state index in [9.17, 15) is 0 Å². The summed E-state index contributed by atoms with van der Waals surface area (Å²) in [5.74, 6) is 0.872. The highest BCUT2D eigenvalue weighted by molar-refractivity contribution is 7.13. The third kappa shape index (κ3) is 4.42. The molecule has 0 unspecified atom stereocenters. The van der Waals surface area contributed by atoms with Gasteiger partial charge in [-0.15, -0.1) is 11.3 Å². The summed E-state index contributed by atoms with van der Waals surface area (Å²) in [5, 5.41) is 10.0. The molecule has 0 atom stereocenters. The molecule has 3 rings (SSSR count). The fourth-order valence-corrected chi connectivity index (χ4v) is 3.43. The summed E-state index contributed by atoms with van der Waals surface area (Å²) in [6.07, 6.45) is 7.48. The molecule has 1 aliphatic rings. The van der Waals surface area contributed by atoms with Crippen molar-refractivity contribution in [2.45, 2.75) is 25.3 Å². The maximum Gasteiger partial charge on any atom is 0.191 e. The first kappa shape index (κ1) is 15.7. The SMILES string of the molecule is CN=C(NCCc1csc(-c2ccccc2)n1)NC1CC=CC1. The first-order valence-corrected chi connectivity index (χ1v) is 8.85. The number of guanidine groups is 1. The van der Waals surface area contributed by atoms with Crippen molar-refractivity contribution in [2.24, 2.45) is 4.99 Å². The van der Waals surface area contributed by atoms with Crippen LogP contribution in [0, 0.1) is 0 Å². The molecule has 5 heteroatoms. The molecule has 1 heterocycles. The summed E-state index contributed by atoms with van der Waals surface area (Å²) in [7, 11) is 1.81. The lowest BCUT2D eigenvalue weighted by Gasteiger charge is -2.16. The van der Waals surface area contributed by atoms with E-state index in [4.69, 9.17) is 4.98 Å². The van der Waals surface area contributed by atoms with Gasteiger partial charge in [0.15, 0.2) is 5.96 Å². The molecule has 1 aromatic heterocycles. The lowest BCUT2D eigenvalue weighted by Crippen LogP contribution is -2.43. The van der Waals surface area contributed by atoms with Crippen LogP contribution in [0.25, 0.3) is 10.6 Å². The van der Waals surface area contributed by atoms with Crippen LogP contribution in [0.15, 0.2) is 52.9 Å². The maximum atomic E-state index is 4.71. The normalized spacial score (nSPS) is 15.1. The molecule has 0 amide bonds. The zero-order valence-electron chi connectivity index (χ0n) is 13.3. The standard InChI is InChI=1S/C18H22N4S/c1-19-18(22-15-9-5-6-10-15)20-12-11-16-13-23-17(21-16)14-7-3-2-4-8-14/h2-8,13,15H,9-12H2,1H3,(H2,19,20,22). The number of thiazole rings is 1. The summed E-state index contributed by atoms with van der Waals surface area (Å²) >= 11 is 1.70. The van der Waals surface area contributed by atoms with Gasteiger partial charge in [0, 0.05) is 37.0 Å². The van der Waals surface area contributed by atoms with Crippen LogP contribution >= 0.6 is 11.3 Å². The van der Waals surface area contributed by atoms with Crippen molar-refractivity contribution in [1.29, 1.82) is 0 Å². The van der Waals surface area contributed by atoms with Crippen molar-refractivity contribution in [3.8, 4) is 10.6 Å². The van der Waals surface area contributed by atoms with E-state index in [1.54, 1.807) is 11.3 Å². The first-order valence-electron chi connectivity index (χ1n) is 7.97. The van der Waals surface area contributed by atoms with Gasteiger partial charge in [-0.25, -0.2) is 4.98 Å². The fourth-order valence-electron chi connectivity index (χ4n) is 2.57. The Labute approximate surface area is 141 Å². The molecule has 0 bridgehead atoms. The van der Waals surface area contributed by atoms with E-state index in [-0.39, 0.29) is 0 Å². The van der Waals surface area contributed by atoms with Crippen LogP contribution in [0.2, 0.25) is 0 Å². The summed E-state index contributed by atoms with van der Waals surface area (Å²) in [5.41, 5.74) is 2.31. The van der Waals surface area contributed by atoms with Gasteiger partial charge in [0.1, 0.15) is 5.01 Å². The third-order valence-electron chi connectivity index (χ3n) is 3.82. The molecule has 0 fully saturated rings. The van der Waals surface area contributed by atoms with Crippen LogP contribution in [0.4, 0.5) is 0 Å². The second-order valence-corrected chi connectivity index (χ2v) is 6.40. The number of hydrogen-bond acceptors (Lipinski definition) is 3. The molecule has 0 saturated carbocycles. The first-order chi connectivity index (χ1) is 11.3. The molecular weight excluding hydrogens is 304 g/mol. The predicted molar refractivity (Wildman–Crippen MR) is 97.9 cm³/mol. The molecule has 0 aliphatic heterocycles. The van der Waals surface area contributed by atoms with Gasteiger partial charge in [-0.3, -0.25) is 4.99 Å². The van der Waals surface area contributed by atoms with Gasteiger partial charge in [0.05, 0.1) is 5.69 Å². The largest absolute Gasteiger partial charge is 0.356 e. The van der Waals surface area contributed by atoms with Crippen LogP contribution in [0.5, 0.6) is 0 Å². The second kappa shape index (κ2) is 7.92. The Morgan fingerprint density at radius 3 is 2.78 bits per heavy atom. The minimum Gasteiger partial charge on any atom is -0.356 e. The highest BCUT2D eigenvalue weighted by atomic mass is 32.1. The number of nitrogens with zero attached hydrogens (tertiary/aromatic N) is 2. The molecule has 1 aromatic carbocycles. The van der Waals surface area contributed by atoms with E-state index in [0.717, 1.165) is 42.5 Å². The van der Waals surface area contributed by atoms with E-state index in [0.29, 0.717) is 6.04 Å². The molecule has 0 radical (unpaired) electrons. The Bertz CT molecular complexity index is 667. The van der Waals surface area contributed by atoms with Gasteiger partial charge in [0.2, 0.25) is 0 Å². The van der Waals surface area contributed by atoms with Crippen LogP contribution in [0.1, 0.15) is 18.5 Å². The number of aromatic nitrogens is 1. The summed E-state index contributed by atoms with van der Waals surface area (Å²) in [6, 6.07) is 10.8. The number of benzene rings is 1. The highest BCUT2D eigenvalue weighted by Crippen LogP contribution is 2.23. The summed E-state index contributed by atoms with van der Waals surface area (Å²) < 4.78 is 0. The van der Waals surface area contributed by atoms with Gasteiger partial charge in [-0.1, -0.05) is 42.5 Å². The molecular formula is C18H22N4S. The smallest absolute Gasteiger partial charge is 0.191 e. The van der Waals surface area contributed by atoms with Gasteiger partial charge in [-0.2, -0.15) is 0 Å². The van der Waals surface area contributed by atoms with Crippen molar-refractivity contribution < 1.29 is 0 Å². The maximum absolute atomic E-state index is 4.71. The Morgan fingerprint density at radius 1 is 1.26 bits per heavy atom. The van der Waals surface area contributed by atoms with Crippen molar-refractivity contribution in [1.82, 2.24) is 15.6 Å². The topological polar surface area (TPSA) is 49.3 Å². The lowest BCUT2D eigenvalue weighted by molar-refractivity contribution is 0.632. The van der Waals surface area contributed by atoms with Crippen LogP contribution in [-0.2, 0) is 6.42 Å². The Balaban J connectivity index is 1.48. The number of aliphatic imine (C=N–C) groups is 1. The van der Waals surface area contributed by atoms with E-state index in [1.807, 2.05) is 25.2 Å². The van der Waals surface area contributed by atoms with Crippen molar-refractivity contribution in [3.05, 3.63) is 53.6 Å². The lowest BCUT2D eigenvalue weighted by atomic mass is 10.2. The van der Waals surface area contributed by atoms with Crippen LogP contribution < -0.4 is 10.6 Å². The fraction of sp³-hybridized carbons (Fsp3) is 0.333. The highest BCUT2D eigenvalue weighted by Gasteiger charge is 2.11. The Morgan fingerprint density at radius 2 is 2.04 bits per heavy atom. The average Bonchev–Trinajstić information content (AvgIpc) is 3.26. The summed E-state index contributed by atoms with van der Waals surface area (Å²) in [6.45, 7) is 0.831. The molecule has 2 aromatic rings. The number of rotatable bonds is 5. The third-order valence-corrected chi connectivity index (χ3v) is 4.76. The molecule has 120 valence electrons. The van der Waals surface area contributed by atoms with Gasteiger partial charge >= 0.3 is 0 Å². The molecule has 4 nitrogen and oxygen atoms in total. The average molecular weight is 326 g/mol. The monoisotopic (exact) mass is 326 g/mol. The van der Waals surface area contributed by atoms with Crippen LogP contribution in [-0.4, -0.2) is 30.6 Å². The zero-order chi connectivity index (χ0) is 15.9. The van der Waals surface area contributed by atoms with E-state index >= 15 is 0 Å². The van der Waals surface area contributed by atoms with E-state index in [2.05, 4.69) is 45.3 Å². The van der Waals surface area contributed by atoms with Crippen LogP contribution in [0.3, 0.4) is 0 Å². The quantitative estimate of drug-likeness (QED) is 0.504. The van der Waals surface area contributed by atoms with E-state index in [1.165, 1.54) is 5.56 Å². The van der Waals surface area contributed by atoms with Gasteiger partial charge in [-0.05, 0) is 12.8 Å². The number of nitrogens with one attached hydrogen (secondary N) is 2. The van der Waals surface area contributed by atoms with Gasteiger partial charge < -0.3 is 10.6 Å². The molecule has 1 aliphatic carbocycles. The van der Waals surface area contributed by atoms with E-state index < -0.39 is 0 Å². The van der Waals surface area contributed by atoms with Crippen molar-refractivity contribution in [3.63, 3.8) is 0 Å². The predicted octanol–water partition coefficient (Wildman–Crippen LogP) is 3.24.